The van der Waals surface area contributed by atoms with Crippen molar-refractivity contribution in [3.63, 3.8) is 0 Å². The van der Waals surface area contributed by atoms with Gasteiger partial charge in [-0.25, -0.2) is 4.79 Å². The highest BCUT2D eigenvalue weighted by Crippen LogP contribution is 2.19. The first kappa shape index (κ1) is 30.5. The van der Waals surface area contributed by atoms with Crippen molar-refractivity contribution in [3.8, 4) is 0 Å². The number of H-pyrrole nitrogens is 1. The third-order valence-corrected chi connectivity index (χ3v) is 6.36. The van der Waals surface area contributed by atoms with Crippen molar-refractivity contribution in [2.24, 2.45) is 0 Å². The number of aromatic nitrogens is 1. The van der Waals surface area contributed by atoms with Crippen LogP contribution in [0.15, 0.2) is 30.5 Å². The first-order valence-electron chi connectivity index (χ1n) is 12.0. The normalized spacial score (nSPS) is 14.0. The standard InChI is InChI=1S/C25H33N5O7S/c1-4-37-25(35)22(14-38(3)36)30-23(33)20(10-9-17(32)12-26)29-24(34)21(28-15(2)31)11-16-13-27-19-8-6-5-7-18(16)19/h5-8,12-13,20-22,26-27H,4,9-11,14H2,1-3H3,(H,28,31)(H,29,34)(H,30,33)/t20-,21-,22?,38?/m0/s1. The number of nitrogens with one attached hydrogen (secondary N) is 5. The van der Waals surface area contributed by atoms with E-state index in [-0.39, 0.29) is 31.6 Å². The van der Waals surface area contributed by atoms with E-state index in [0.717, 1.165) is 16.5 Å². The molecule has 4 atom stereocenters. The zero-order valence-electron chi connectivity index (χ0n) is 21.5. The van der Waals surface area contributed by atoms with Crippen LogP contribution in [0.3, 0.4) is 0 Å². The summed E-state index contributed by atoms with van der Waals surface area (Å²) in [5, 5.41) is 15.6. The van der Waals surface area contributed by atoms with Gasteiger partial charge in [0.05, 0.1) is 19.1 Å². The molecule has 2 rings (SSSR count). The predicted molar refractivity (Wildman–Crippen MR) is 142 cm³/mol. The fourth-order valence-electron chi connectivity index (χ4n) is 3.79. The molecule has 0 aliphatic rings. The van der Waals surface area contributed by atoms with Crippen LogP contribution in [-0.2, 0) is 46.3 Å². The summed E-state index contributed by atoms with van der Waals surface area (Å²) >= 11 is -1.45. The lowest BCUT2D eigenvalue weighted by Gasteiger charge is -2.24. The zero-order valence-corrected chi connectivity index (χ0v) is 22.3. The summed E-state index contributed by atoms with van der Waals surface area (Å²) in [7, 11) is 0. The van der Waals surface area contributed by atoms with Crippen LogP contribution in [0.5, 0.6) is 0 Å². The molecule has 1 heterocycles. The van der Waals surface area contributed by atoms with Gasteiger partial charge in [0, 0.05) is 36.9 Å². The van der Waals surface area contributed by atoms with E-state index in [2.05, 4.69) is 20.9 Å². The molecule has 1 aromatic heterocycles. The Balaban J connectivity index is 2.26. The summed E-state index contributed by atoms with van der Waals surface area (Å²) in [6, 6.07) is 3.88. The molecule has 0 aliphatic heterocycles. The van der Waals surface area contributed by atoms with Crippen molar-refractivity contribution in [1.29, 1.82) is 5.41 Å². The average Bonchev–Trinajstić information content (AvgIpc) is 3.27. The second-order valence-corrected chi connectivity index (χ2v) is 10.1. The SMILES string of the molecule is CCOC(=O)C(C[S+](C)[O-])NC(=O)[C@H](CCC(=O)C=N)NC(=O)[C@H](Cc1c[nH]c2ccccc12)NC(C)=O. The van der Waals surface area contributed by atoms with Crippen LogP contribution in [0, 0.1) is 5.41 Å². The average molecular weight is 548 g/mol. The Bertz CT molecular complexity index is 1170. The number of para-hydroxylation sites is 1. The molecule has 13 heteroatoms. The van der Waals surface area contributed by atoms with Crippen LogP contribution in [0.4, 0.5) is 0 Å². The van der Waals surface area contributed by atoms with E-state index in [4.69, 9.17) is 10.1 Å². The molecule has 0 bridgehead atoms. The summed E-state index contributed by atoms with van der Waals surface area (Å²) in [6.07, 6.45) is 3.42. The van der Waals surface area contributed by atoms with Gasteiger partial charge in [-0.05, 0) is 25.0 Å². The molecule has 0 fully saturated rings. The van der Waals surface area contributed by atoms with Crippen LogP contribution >= 0.6 is 0 Å². The Labute approximate surface area is 223 Å². The smallest absolute Gasteiger partial charge is 0.333 e. The Morgan fingerprint density at radius 2 is 1.74 bits per heavy atom. The van der Waals surface area contributed by atoms with E-state index in [0.29, 0.717) is 6.21 Å². The fraction of sp³-hybridized carbons (Fsp3) is 0.440. The van der Waals surface area contributed by atoms with Gasteiger partial charge in [-0.2, -0.15) is 0 Å². The van der Waals surface area contributed by atoms with Crippen LogP contribution in [0.1, 0.15) is 32.3 Å². The van der Waals surface area contributed by atoms with E-state index in [9.17, 15) is 28.5 Å². The Kier molecular flexibility index (Phi) is 12.0. The van der Waals surface area contributed by atoms with Crippen molar-refractivity contribution in [3.05, 3.63) is 36.0 Å². The summed E-state index contributed by atoms with van der Waals surface area (Å²) in [5.74, 6) is -3.50. The number of aromatic amines is 1. The lowest BCUT2D eigenvalue weighted by atomic mass is 10.0. The molecule has 3 amide bonds. The van der Waals surface area contributed by atoms with E-state index in [1.165, 1.54) is 13.2 Å². The second-order valence-electron chi connectivity index (χ2n) is 8.58. The second kappa shape index (κ2) is 14.9. The number of hydrogen-bond donors (Lipinski definition) is 5. The number of carbonyl (C=O) groups is 5. The van der Waals surface area contributed by atoms with Gasteiger partial charge in [0.25, 0.3) is 0 Å². The number of Topliss-reactive ketones (excluding diaryl/α,β-unsaturated/α-hetero) is 1. The van der Waals surface area contributed by atoms with E-state index in [1.807, 2.05) is 24.3 Å². The summed E-state index contributed by atoms with van der Waals surface area (Å²) in [5.41, 5.74) is 1.62. The molecule has 38 heavy (non-hydrogen) atoms. The molecule has 206 valence electrons. The molecule has 2 unspecified atom stereocenters. The van der Waals surface area contributed by atoms with Gasteiger partial charge in [-0.1, -0.05) is 29.4 Å². The maximum Gasteiger partial charge on any atom is 0.333 e. The fourth-order valence-corrected chi connectivity index (χ4v) is 4.48. The molecule has 5 N–H and O–H groups in total. The lowest BCUT2D eigenvalue weighted by molar-refractivity contribution is -0.147. The van der Waals surface area contributed by atoms with Gasteiger partial charge < -0.3 is 35.6 Å². The summed E-state index contributed by atoms with van der Waals surface area (Å²) in [4.78, 5) is 65.4. The van der Waals surface area contributed by atoms with Gasteiger partial charge >= 0.3 is 5.97 Å². The highest BCUT2D eigenvalue weighted by Gasteiger charge is 2.32. The van der Waals surface area contributed by atoms with E-state index < -0.39 is 58.8 Å². The number of esters is 1. The molecule has 0 saturated carbocycles. The van der Waals surface area contributed by atoms with Gasteiger partial charge in [0.1, 0.15) is 17.8 Å². The molecule has 0 radical (unpaired) electrons. The van der Waals surface area contributed by atoms with Crippen molar-refractivity contribution in [1.82, 2.24) is 20.9 Å². The molecule has 0 spiro atoms. The Morgan fingerprint density at radius 3 is 2.37 bits per heavy atom. The van der Waals surface area contributed by atoms with E-state index in [1.54, 1.807) is 13.1 Å². The summed E-state index contributed by atoms with van der Waals surface area (Å²) in [6.45, 7) is 2.89. The van der Waals surface area contributed by atoms with Crippen molar-refractivity contribution in [2.75, 3.05) is 18.6 Å². The molecule has 2 aromatic rings. The van der Waals surface area contributed by atoms with Crippen LogP contribution in [0.2, 0.25) is 0 Å². The molecular formula is C25H33N5O7S. The number of ether oxygens (including phenoxy) is 1. The monoisotopic (exact) mass is 547 g/mol. The number of fused-ring (bicyclic) bond motifs is 1. The largest absolute Gasteiger partial charge is 0.616 e. The minimum absolute atomic E-state index is 0.0434. The predicted octanol–water partition coefficient (Wildman–Crippen LogP) is 0.125. The quantitative estimate of drug-likeness (QED) is 0.119. The minimum atomic E-state index is -1.45. The molecule has 1 aromatic carbocycles. The van der Waals surface area contributed by atoms with Gasteiger partial charge in [-0.15, -0.1) is 0 Å². The number of hydrogen-bond acceptors (Lipinski definition) is 8. The van der Waals surface area contributed by atoms with Crippen molar-refractivity contribution in [2.45, 2.75) is 51.2 Å². The Morgan fingerprint density at radius 1 is 1.08 bits per heavy atom. The molecule has 12 nitrogen and oxygen atoms in total. The van der Waals surface area contributed by atoms with Crippen LogP contribution in [0.25, 0.3) is 10.9 Å². The van der Waals surface area contributed by atoms with Crippen LogP contribution in [-0.4, -0.2) is 82.0 Å². The minimum Gasteiger partial charge on any atom is -0.616 e. The summed E-state index contributed by atoms with van der Waals surface area (Å²) < 4.78 is 16.7. The number of amides is 3. The van der Waals surface area contributed by atoms with Gasteiger partial charge in [-0.3, -0.25) is 19.2 Å². The molecular weight excluding hydrogens is 514 g/mol. The zero-order chi connectivity index (χ0) is 28.2. The highest BCUT2D eigenvalue weighted by atomic mass is 32.2. The Hall–Kier alpha value is -3.71. The van der Waals surface area contributed by atoms with E-state index >= 15 is 0 Å². The maximum atomic E-state index is 13.3. The number of benzene rings is 1. The topological polar surface area (TPSA) is 193 Å². The number of ketones is 1. The highest BCUT2D eigenvalue weighted by molar-refractivity contribution is 7.90. The van der Waals surface area contributed by atoms with Gasteiger partial charge in [0.2, 0.25) is 17.7 Å². The van der Waals surface area contributed by atoms with Crippen molar-refractivity contribution >= 4 is 57.8 Å². The number of rotatable bonds is 15. The lowest BCUT2D eigenvalue weighted by Crippen LogP contribution is -2.57. The first-order chi connectivity index (χ1) is 18.0. The van der Waals surface area contributed by atoms with Gasteiger partial charge in [0.15, 0.2) is 11.8 Å². The number of carbonyl (C=O) groups excluding carboxylic acids is 5. The maximum absolute atomic E-state index is 13.3. The molecule has 0 saturated heterocycles. The van der Waals surface area contributed by atoms with Crippen molar-refractivity contribution < 1.29 is 33.3 Å². The van der Waals surface area contributed by atoms with Crippen LogP contribution < -0.4 is 16.0 Å². The molecule has 0 aliphatic carbocycles. The third kappa shape index (κ3) is 9.30. The first-order valence-corrected chi connectivity index (χ1v) is 13.7. The third-order valence-electron chi connectivity index (χ3n) is 5.56.